The second-order valence-electron chi connectivity index (χ2n) is 3.78. The molecule has 0 radical (unpaired) electrons. The Hall–Kier alpha value is 1.15. The van der Waals surface area contributed by atoms with E-state index in [2.05, 4.69) is 57.6 Å². The Morgan fingerprint density at radius 2 is 0.583 bits per heavy atom. The van der Waals surface area contributed by atoms with E-state index in [0.717, 1.165) is 0 Å². The Balaban J connectivity index is -0.000000259. The van der Waals surface area contributed by atoms with Crippen LogP contribution in [0.2, 0.25) is 0 Å². The monoisotopic (exact) mass is 790 g/mol. The molecule has 0 aliphatic rings. The van der Waals surface area contributed by atoms with Crippen molar-refractivity contribution in [3.05, 3.63) is 91.0 Å². The molecule has 0 spiro atoms. The Morgan fingerprint density at radius 1 is 0.417 bits per heavy atom. The molecule has 0 nitrogen and oxygen atoms in total. The Kier molecular flexibility index (Phi) is 25.5. The van der Waals surface area contributed by atoms with E-state index in [1.807, 2.05) is 91.0 Å². The molecule has 0 N–H and O–H groups in total. The van der Waals surface area contributed by atoms with Gasteiger partial charge in [0.1, 0.15) is 0 Å². The number of rotatable bonds is 0. The van der Waals surface area contributed by atoms with Gasteiger partial charge in [0.15, 0.2) is 0 Å². The predicted molar refractivity (Wildman–Crippen MR) is 78.2 cm³/mol. The van der Waals surface area contributed by atoms with Gasteiger partial charge in [-0.3, -0.25) is 0 Å². The van der Waals surface area contributed by atoms with Crippen LogP contribution in [-0.2, 0) is 57.6 Å². The van der Waals surface area contributed by atoms with E-state index >= 15 is 0 Å². The van der Waals surface area contributed by atoms with Gasteiger partial charge in [0, 0.05) is 0 Å². The Morgan fingerprint density at radius 3 is 0.667 bits per heavy atom. The summed E-state index contributed by atoms with van der Waals surface area (Å²) in [6, 6.07) is 30.1. The van der Waals surface area contributed by atoms with Gasteiger partial charge in [-0.1, -0.05) is 0 Å². The number of hydrogen-bond donors (Lipinski definition) is 0. The summed E-state index contributed by atoms with van der Waals surface area (Å²) < 4.78 is 3.52. The molecule has 3 aromatic rings. The fourth-order valence-corrected chi connectivity index (χ4v) is 2.11. The van der Waals surface area contributed by atoms with Gasteiger partial charge >= 0.3 is 161 Å². The fourth-order valence-electron chi connectivity index (χ4n) is 1.21. The van der Waals surface area contributed by atoms with Crippen LogP contribution in [0.25, 0.3) is 0 Å². The van der Waals surface area contributed by atoms with Crippen LogP contribution in [0.1, 0.15) is 0 Å². The molecular formula is C18H15BrClIPd3. The number of hydrogen-bond acceptors (Lipinski definition) is 0. The molecular weight excluding hydrogens is 778 g/mol. The zero-order chi connectivity index (χ0) is 15.3. The summed E-state index contributed by atoms with van der Waals surface area (Å²) in [6.45, 7) is 0. The summed E-state index contributed by atoms with van der Waals surface area (Å²) in [5, 5.41) is 0. The molecule has 3 rings (SSSR count). The van der Waals surface area contributed by atoms with E-state index in [-0.39, 0.29) is 53.4 Å². The van der Waals surface area contributed by atoms with Crippen LogP contribution in [0.15, 0.2) is 91.0 Å². The third-order valence-electron chi connectivity index (χ3n) is 2.14. The fraction of sp³-hybridized carbons (Fsp3) is 0. The van der Waals surface area contributed by atoms with Gasteiger partial charge in [-0.15, -0.1) is 0 Å². The van der Waals surface area contributed by atoms with Gasteiger partial charge in [-0.05, 0) is 0 Å². The topological polar surface area (TPSA) is 0 Å². The van der Waals surface area contributed by atoms with E-state index in [4.69, 9.17) is 0 Å². The van der Waals surface area contributed by atoms with Crippen molar-refractivity contribution in [3.8, 4) is 0 Å². The SMILES string of the molecule is [Br-].[Cl-].[I-].[Pd+][c]1ccccc1.[Pd+][c]1ccccc1.[Pd+][c]1ccccc1. The van der Waals surface area contributed by atoms with Gasteiger partial charge in [-0.25, -0.2) is 0 Å². The summed E-state index contributed by atoms with van der Waals surface area (Å²) in [4.78, 5) is 0. The first-order chi connectivity index (χ1) is 10.2. The van der Waals surface area contributed by atoms with Crippen LogP contribution in [0, 0.1) is 0 Å². The second kappa shape index (κ2) is 20.5. The molecule has 0 aromatic heterocycles. The van der Waals surface area contributed by atoms with Crippen molar-refractivity contribution in [2.75, 3.05) is 0 Å². The molecule has 0 bridgehead atoms. The molecule has 0 saturated carbocycles. The molecule has 0 aliphatic carbocycles. The molecule has 3 aromatic carbocycles. The molecule has 6 heteroatoms. The summed E-state index contributed by atoms with van der Waals surface area (Å²) >= 11 is 9.20. The third kappa shape index (κ3) is 18.0. The molecule has 138 valence electrons. The van der Waals surface area contributed by atoms with Crippen molar-refractivity contribution in [2.45, 2.75) is 0 Å². The minimum absolute atomic E-state index is 0. The van der Waals surface area contributed by atoms with Crippen LogP contribution >= 0.6 is 0 Å². The normalized spacial score (nSPS) is 7.75. The summed E-state index contributed by atoms with van der Waals surface area (Å²) in [7, 11) is 0. The van der Waals surface area contributed by atoms with Crippen molar-refractivity contribution >= 4 is 12.1 Å². The van der Waals surface area contributed by atoms with E-state index in [9.17, 15) is 0 Å². The van der Waals surface area contributed by atoms with Crippen LogP contribution < -0.4 is 65.5 Å². The average Bonchev–Trinajstić information content (AvgIpc) is 2.51. The van der Waals surface area contributed by atoms with Crippen LogP contribution in [0.5, 0.6) is 0 Å². The minimum atomic E-state index is 0. The molecule has 0 fully saturated rings. The molecule has 24 heavy (non-hydrogen) atoms. The standard InChI is InChI=1S/3C6H5.BrH.ClH.HI.3Pd/c3*1-2-4-6-5-3-1;;;;;;/h3*1-5H;3*1H;;;/q;;;;;;3*+1/p-3. The van der Waals surface area contributed by atoms with E-state index in [1.54, 1.807) is 0 Å². The maximum atomic E-state index is 3.07. The first-order valence-electron chi connectivity index (χ1n) is 6.21. The maximum absolute atomic E-state index is 3.07. The van der Waals surface area contributed by atoms with Gasteiger partial charge in [0.05, 0.1) is 0 Å². The van der Waals surface area contributed by atoms with Gasteiger partial charge in [0.2, 0.25) is 0 Å². The average molecular weight is 793 g/mol. The molecule has 0 atom stereocenters. The van der Waals surface area contributed by atoms with Crippen molar-refractivity contribution < 1.29 is 111 Å². The molecule has 0 amide bonds. The number of benzene rings is 3. The van der Waals surface area contributed by atoms with Crippen molar-refractivity contribution in [1.82, 2.24) is 0 Å². The number of halogens is 3. The quantitative estimate of drug-likeness (QED) is 0.157. The first kappa shape index (κ1) is 29.9. The zero-order valence-corrected chi connectivity index (χ0v) is 21.4. The van der Waals surface area contributed by atoms with Gasteiger partial charge in [0.25, 0.3) is 0 Å². The third-order valence-corrected chi connectivity index (χ3v) is 3.69. The Bertz CT molecular complexity index is 509. The predicted octanol–water partition coefficient (Wildman–Crippen LogP) is -6.41. The summed E-state index contributed by atoms with van der Waals surface area (Å²) in [6.07, 6.45) is 0. The molecule has 0 aliphatic heterocycles. The Labute approximate surface area is 211 Å². The molecule has 0 heterocycles. The van der Waals surface area contributed by atoms with Crippen LogP contribution in [-0.4, -0.2) is 0 Å². The molecule has 0 saturated heterocycles. The van der Waals surface area contributed by atoms with Crippen molar-refractivity contribution in [3.63, 3.8) is 0 Å². The van der Waals surface area contributed by atoms with E-state index < -0.39 is 0 Å². The van der Waals surface area contributed by atoms with Crippen molar-refractivity contribution in [1.29, 1.82) is 0 Å². The van der Waals surface area contributed by atoms with Crippen LogP contribution in [0.3, 0.4) is 0 Å². The summed E-state index contributed by atoms with van der Waals surface area (Å²) in [5.41, 5.74) is 0. The van der Waals surface area contributed by atoms with Gasteiger partial charge in [-0.2, -0.15) is 0 Å². The van der Waals surface area contributed by atoms with Crippen LogP contribution in [0.4, 0.5) is 0 Å². The first-order valence-corrected chi connectivity index (χ1v) is 8.54. The van der Waals surface area contributed by atoms with E-state index in [0.29, 0.717) is 0 Å². The van der Waals surface area contributed by atoms with Gasteiger partial charge < -0.3 is 53.4 Å². The van der Waals surface area contributed by atoms with Crippen molar-refractivity contribution in [2.24, 2.45) is 0 Å². The molecule has 0 unspecified atom stereocenters. The zero-order valence-electron chi connectivity index (χ0n) is 12.2. The van der Waals surface area contributed by atoms with E-state index in [1.165, 1.54) is 12.1 Å². The second-order valence-corrected chi connectivity index (χ2v) is 6.47. The summed E-state index contributed by atoms with van der Waals surface area (Å²) in [5.74, 6) is 0.